The molecule has 0 spiro atoms. The van der Waals surface area contributed by atoms with Crippen LogP contribution in [0, 0.1) is 0 Å². The summed E-state index contributed by atoms with van der Waals surface area (Å²) in [5, 5.41) is 9.60. The zero-order valence-electron chi connectivity index (χ0n) is 34.4. The fourth-order valence-corrected chi connectivity index (χ4v) is 5.71. The summed E-state index contributed by atoms with van der Waals surface area (Å²) in [4.78, 5) is 36.9. The normalized spacial score (nSPS) is 13.6. The van der Waals surface area contributed by atoms with Gasteiger partial charge in [-0.3, -0.25) is 9.59 Å². The highest BCUT2D eigenvalue weighted by Gasteiger charge is 2.31. The van der Waals surface area contributed by atoms with E-state index in [1.807, 2.05) is 21.1 Å². The maximum atomic E-state index is 12.7. The van der Waals surface area contributed by atoms with Crippen molar-refractivity contribution in [3.8, 4) is 0 Å². The first-order valence-electron chi connectivity index (χ1n) is 20.8. The fraction of sp³-hybridized carbons (Fsp3) is 0.711. The summed E-state index contributed by atoms with van der Waals surface area (Å²) < 4.78 is 17.2. The number of esters is 2. The molecule has 0 aromatic carbocycles. The summed E-state index contributed by atoms with van der Waals surface area (Å²) in [6.07, 6.45) is 42.7. The average Bonchev–Trinajstić information content (AvgIpc) is 3.11. The molecule has 0 radical (unpaired) electrons. The number of quaternary nitrogens is 1. The number of carboxylic acid groups (broad SMARTS) is 1. The van der Waals surface area contributed by atoms with Gasteiger partial charge < -0.3 is 23.8 Å². The zero-order valence-corrected chi connectivity index (χ0v) is 34.4. The van der Waals surface area contributed by atoms with Crippen LogP contribution >= 0.6 is 0 Å². The van der Waals surface area contributed by atoms with E-state index in [-0.39, 0.29) is 42.7 Å². The molecule has 0 aromatic rings. The number of likely N-dealkylation sites (N-methyl/N-ethyl adjacent to an activating group) is 1. The first kappa shape index (κ1) is 50.0. The van der Waals surface area contributed by atoms with Gasteiger partial charge in [-0.05, 0) is 51.4 Å². The Hall–Kier alpha value is -2.97. The van der Waals surface area contributed by atoms with Gasteiger partial charge in [-0.1, -0.05) is 145 Å². The Kier molecular flexibility index (Phi) is 34.0. The molecular weight excluding hydrogens is 666 g/mol. The third-order valence-corrected chi connectivity index (χ3v) is 8.93. The third kappa shape index (κ3) is 34.5. The van der Waals surface area contributed by atoms with E-state index < -0.39 is 18.1 Å². The van der Waals surface area contributed by atoms with Crippen LogP contribution in [0.15, 0.2) is 60.8 Å². The predicted molar refractivity (Wildman–Crippen MR) is 220 cm³/mol. The van der Waals surface area contributed by atoms with Gasteiger partial charge in [0.2, 0.25) is 0 Å². The number of aliphatic carboxylic acids is 1. The molecule has 304 valence electrons. The van der Waals surface area contributed by atoms with Gasteiger partial charge in [0.25, 0.3) is 0 Å². The maximum absolute atomic E-state index is 12.7. The Morgan fingerprint density at radius 2 is 1.06 bits per heavy atom. The quantitative estimate of drug-likeness (QED) is 0.0295. The summed E-state index contributed by atoms with van der Waals surface area (Å²) >= 11 is 0. The monoisotopic (exact) mass is 745 g/mol. The molecule has 0 bridgehead atoms. The van der Waals surface area contributed by atoms with Crippen molar-refractivity contribution in [1.29, 1.82) is 0 Å². The Labute approximate surface area is 324 Å². The Bertz CT molecular complexity index is 1050. The smallest absolute Gasteiger partial charge is 0.362 e. The molecule has 2 atom stereocenters. The number of carboxylic acids is 1. The molecule has 8 nitrogen and oxygen atoms in total. The third-order valence-electron chi connectivity index (χ3n) is 8.93. The summed E-state index contributed by atoms with van der Waals surface area (Å²) in [6, 6.07) is -0.623. The number of hydrogen-bond acceptors (Lipinski definition) is 6. The largest absolute Gasteiger partial charge is 0.477 e. The van der Waals surface area contributed by atoms with Gasteiger partial charge in [0.15, 0.2) is 12.1 Å². The Morgan fingerprint density at radius 3 is 1.55 bits per heavy atom. The molecule has 8 heteroatoms. The highest BCUT2D eigenvalue weighted by atomic mass is 16.6. The van der Waals surface area contributed by atoms with Gasteiger partial charge in [-0.15, -0.1) is 0 Å². The second-order valence-electron chi connectivity index (χ2n) is 14.9. The molecule has 0 aromatic heterocycles. The minimum Gasteiger partial charge on any atom is -0.477 e. The average molecular weight is 745 g/mol. The highest BCUT2D eigenvalue weighted by molar-refractivity contribution is 5.72. The van der Waals surface area contributed by atoms with Gasteiger partial charge in [-0.2, -0.15) is 0 Å². The molecule has 0 rings (SSSR count). The second kappa shape index (κ2) is 36.0. The molecule has 0 heterocycles. The number of nitrogens with zero attached hydrogens (tertiary/aromatic N) is 1. The molecule has 0 saturated carbocycles. The lowest BCUT2D eigenvalue weighted by atomic mass is 10.0. The molecular formula is C45H78NO7+. The molecule has 0 aliphatic carbocycles. The van der Waals surface area contributed by atoms with Gasteiger partial charge in [0.1, 0.15) is 6.61 Å². The number of ether oxygens (including phenoxy) is 3. The number of hydrogen-bond donors (Lipinski definition) is 1. The first-order valence-corrected chi connectivity index (χ1v) is 20.8. The van der Waals surface area contributed by atoms with E-state index in [9.17, 15) is 19.5 Å². The summed E-state index contributed by atoms with van der Waals surface area (Å²) in [7, 11) is 5.50. The lowest BCUT2D eigenvalue weighted by molar-refractivity contribution is -0.887. The lowest BCUT2D eigenvalue weighted by Gasteiger charge is -2.31. The maximum Gasteiger partial charge on any atom is 0.362 e. The zero-order chi connectivity index (χ0) is 39.3. The first-order chi connectivity index (χ1) is 25.6. The lowest BCUT2D eigenvalue weighted by Crippen LogP contribution is -2.50. The van der Waals surface area contributed by atoms with Crippen LogP contribution in [0.25, 0.3) is 0 Å². The van der Waals surface area contributed by atoms with Gasteiger partial charge >= 0.3 is 17.9 Å². The number of carbonyl (C=O) groups is 3. The van der Waals surface area contributed by atoms with Crippen LogP contribution in [0.3, 0.4) is 0 Å². The topological polar surface area (TPSA) is 99.1 Å². The van der Waals surface area contributed by atoms with Crippen LogP contribution in [-0.4, -0.2) is 80.6 Å². The molecule has 0 aliphatic heterocycles. The minimum atomic E-state index is -0.884. The number of carbonyl (C=O) groups excluding carboxylic acids is 2. The van der Waals surface area contributed by atoms with Crippen LogP contribution < -0.4 is 0 Å². The van der Waals surface area contributed by atoms with E-state index in [4.69, 9.17) is 14.2 Å². The van der Waals surface area contributed by atoms with E-state index >= 15 is 0 Å². The van der Waals surface area contributed by atoms with Gasteiger partial charge in [0, 0.05) is 19.3 Å². The van der Waals surface area contributed by atoms with Crippen LogP contribution in [0.2, 0.25) is 0 Å². The van der Waals surface area contributed by atoms with Crippen molar-refractivity contribution in [3.05, 3.63) is 60.8 Å². The molecule has 0 fully saturated rings. The van der Waals surface area contributed by atoms with Crippen LogP contribution in [0.1, 0.15) is 155 Å². The van der Waals surface area contributed by atoms with Crippen molar-refractivity contribution in [2.75, 3.05) is 41.0 Å². The van der Waals surface area contributed by atoms with Gasteiger partial charge in [-0.25, -0.2) is 4.79 Å². The van der Waals surface area contributed by atoms with E-state index in [2.05, 4.69) is 74.6 Å². The van der Waals surface area contributed by atoms with E-state index in [1.165, 1.54) is 57.8 Å². The number of rotatable bonds is 36. The van der Waals surface area contributed by atoms with Crippen molar-refractivity contribution >= 4 is 17.9 Å². The van der Waals surface area contributed by atoms with Crippen LogP contribution in [-0.2, 0) is 28.6 Å². The van der Waals surface area contributed by atoms with Crippen molar-refractivity contribution in [3.63, 3.8) is 0 Å². The second-order valence-corrected chi connectivity index (χ2v) is 14.9. The van der Waals surface area contributed by atoms with Crippen molar-refractivity contribution in [1.82, 2.24) is 0 Å². The Morgan fingerprint density at radius 1 is 0.585 bits per heavy atom. The number of allylic oxidation sites excluding steroid dienone is 10. The van der Waals surface area contributed by atoms with Crippen LogP contribution in [0.5, 0.6) is 0 Å². The highest BCUT2D eigenvalue weighted by Crippen LogP contribution is 2.14. The molecule has 1 N–H and O–H groups in total. The molecule has 0 saturated heterocycles. The standard InChI is InChI=1S/C45H77NO7/c1-6-8-10-12-14-16-18-20-21-22-23-24-26-27-29-31-33-35-43(47)52-40-41(39-51-38-37-42(45(49)50)46(3,4)5)53-44(48)36-34-32-30-28-25-19-17-15-13-11-9-7-2/h8,10,14,16,20-21,23-24,27,29,41-42H,6-7,9,11-13,15,17-19,22,25-26,28,30-40H2,1-5H3/p+1/b10-8+,16-14+,21-20+,24-23+,29-27+. The molecule has 53 heavy (non-hydrogen) atoms. The molecule has 2 unspecified atom stereocenters. The van der Waals surface area contributed by atoms with Crippen molar-refractivity contribution in [2.45, 2.75) is 167 Å². The Balaban J connectivity index is 4.47. The van der Waals surface area contributed by atoms with Crippen molar-refractivity contribution in [2.24, 2.45) is 0 Å². The van der Waals surface area contributed by atoms with E-state index in [0.717, 1.165) is 57.8 Å². The minimum absolute atomic E-state index is 0.0426. The van der Waals surface area contributed by atoms with Gasteiger partial charge in [0.05, 0.1) is 34.4 Å². The molecule has 0 aliphatic rings. The molecule has 0 amide bonds. The van der Waals surface area contributed by atoms with E-state index in [0.29, 0.717) is 19.3 Å². The van der Waals surface area contributed by atoms with Crippen molar-refractivity contribution < 1.29 is 38.2 Å². The van der Waals surface area contributed by atoms with Crippen LogP contribution in [0.4, 0.5) is 0 Å². The SMILES string of the molecule is CC/C=C/C/C=C/C/C=C/C/C=C/C/C=C/CCCC(=O)OCC(COCCC(C(=O)O)[N+](C)(C)C)OC(=O)CCCCCCCCCCCCCC. The summed E-state index contributed by atoms with van der Waals surface area (Å²) in [5.74, 6) is -1.55. The van der Waals surface area contributed by atoms with E-state index in [1.54, 1.807) is 0 Å². The summed E-state index contributed by atoms with van der Waals surface area (Å²) in [6.45, 7) is 4.54. The predicted octanol–water partition coefficient (Wildman–Crippen LogP) is 11.0. The summed E-state index contributed by atoms with van der Waals surface area (Å²) in [5.41, 5.74) is 0. The number of unbranched alkanes of at least 4 members (excludes halogenated alkanes) is 12. The fourth-order valence-electron chi connectivity index (χ4n) is 5.71.